The molecule has 0 unspecified atom stereocenters. The van der Waals surface area contributed by atoms with Crippen LogP contribution in [0.4, 0.5) is 0 Å². The number of aliphatic hydroxyl groups excluding tert-OH is 2. The molecule has 0 aromatic heterocycles. The molecular weight excluding hydrogens is 128 g/mol. The van der Waals surface area contributed by atoms with E-state index in [2.05, 4.69) is 0 Å². The quantitative estimate of drug-likeness (QED) is 0.595. The summed E-state index contributed by atoms with van der Waals surface area (Å²) in [5.74, 6) is 0.314. The molecule has 0 aromatic carbocycles. The lowest BCUT2D eigenvalue weighted by Gasteiger charge is -2.00. The van der Waals surface area contributed by atoms with Crippen LogP contribution in [0.25, 0.3) is 0 Å². The Morgan fingerprint density at radius 2 is 1.20 bits per heavy atom. The van der Waals surface area contributed by atoms with Gasteiger partial charge in [-0.15, -0.1) is 0 Å². The Balaban J connectivity index is 3.79. The minimum atomic E-state index is 0.157. The monoisotopic (exact) mass is 144 g/mol. The second kappa shape index (κ2) is 5.15. The predicted molar refractivity (Wildman–Crippen MR) is 42.1 cm³/mol. The largest absolute Gasteiger partial charge is 0.509 e. The summed E-state index contributed by atoms with van der Waals surface area (Å²) in [5.41, 5.74) is 0. The molecule has 0 saturated heterocycles. The molecule has 0 fully saturated rings. The van der Waals surface area contributed by atoms with Gasteiger partial charge in [0.1, 0.15) is 11.5 Å². The number of aliphatic hydroxyl groups is 2. The molecule has 0 spiro atoms. The van der Waals surface area contributed by atoms with E-state index >= 15 is 0 Å². The molecule has 2 nitrogen and oxygen atoms in total. The van der Waals surface area contributed by atoms with Gasteiger partial charge in [-0.05, 0) is 12.8 Å². The molecule has 0 amide bonds. The molecule has 0 atom stereocenters. The van der Waals surface area contributed by atoms with Crippen LogP contribution in [-0.4, -0.2) is 10.2 Å². The lowest BCUT2D eigenvalue weighted by atomic mass is 10.2. The van der Waals surface area contributed by atoms with E-state index in [0.29, 0.717) is 12.8 Å². The Morgan fingerprint density at radius 3 is 1.40 bits per heavy atom. The molecule has 0 aliphatic heterocycles. The molecular formula is C8H16O2. The van der Waals surface area contributed by atoms with Gasteiger partial charge in [0.05, 0.1) is 0 Å². The topological polar surface area (TPSA) is 40.5 Å². The average Bonchev–Trinajstić information content (AvgIpc) is 1.89. The molecule has 2 heteroatoms. The summed E-state index contributed by atoms with van der Waals surface area (Å²) < 4.78 is 0. The minimum absolute atomic E-state index is 0.157. The summed E-state index contributed by atoms with van der Waals surface area (Å²) in [6.45, 7) is 3.94. The fraction of sp³-hybridized carbons (Fsp3) is 0.750. The van der Waals surface area contributed by atoms with Crippen LogP contribution in [0, 0.1) is 0 Å². The third-order valence-corrected chi connectivity index (χ3v) is 1.31. The lowest BCUT2D eigenvalue weighted by molar-refractivity contribution is 0.297. The van der Waals surface area contributed by atoms with Gasteiger partial charge in [-0.3, -0.25) is 0 Å². The molecule has 10 heavy (non-hydrogen) atoms. The Labute approximate surface area is 62.2 Å². The first-order valence-electron chi connectivity index (χ1n) is 3.82. The maximum Gasteiger partial charge on any atom is 0.129 e. The Morgan fingerprint density at radius 1 is 0.900 bits per heavy atom. The van der Waals surface area contributed by atoms with E-state index in [1.165, 1.54) is 0 Å². The summed E-state index contributed by atoms with van der Waals surface area (Å²) in [5, 5.41) is 18.2. The average molecular weight is 144 g/mol. The molecule has 0 saturated carbocycles. The van der Waals surface area contributed by atoms with Crippen molar-refractivity contribution in [3.05, 3.63) is 11.5 Å². The van der Waals surface area contributed by atoms with Crippen LogP contribution in [0.3, 0.4) is 0 Å². The van der Waals surface area contributed by atoms with Gasteiger partial charge >= 0.3 is 0 Å². The maximum absolute atomic E-state index is 9.08. The van der Waals surface area contributed by atoms with Gasteiger partial charge in [-0.2, -0.15) is 0 Å². The van der Waals surface area contributed by atoms with Crippen molar-refractivity contribution in [3.8, 4) is 0 Å². The van der Waals surface area contributed by atoms with Crippen LogP contribution in [0.15, 0.2) is 11.5 Å². The Hall–Kier alpha value is -0.660. The summed E-state index contributed by atoms with van der Waals surface area (Å²) in [4.78, 5) is 0. The Bertz CT molecular complexity index is 102. The fourth-order valence-corrected chi connectivity index (χ4v) is 0.762. The van der Waals surface area contributed by atoms with Crippen LogP contribution >= 0.6 is 0 Å². The second-order valence-electron chi connectivity index (χ2n) is 2.39. The highest BCUT2D eigenvalue weighted by molar-refractivity contribution is 4.97. The Kier molecular flexibility index (Phi) is 4.81. The smallest absolute Gasteiger partial charge is 0.129 e. The maximum atomic E-state index is 9.08. The van der Waals surface area contributed by atoms with Crippen molar-refractivity contribution >= 4 is 0 Å². The van der Waals surface area contributed by atoms with E-state index < -0.39 is 0 Å². The van der Waals surface area contributed by atoms with Crippen molar-refractivity contribution in [2.75, 3.05) is 0 Å². The van der Waals surface area contributed by atoms with Crippen LogP contribution in [-0.2, 0) is 0 Å². The molecule has 60 valence electrons. The zero-order valence-corrected chi connectivity index (χ0v) is 6.72. The van der Waals surface area contributed by atoms with Gasteiger partial charge < -0.3 is 10.2 Å². The van der Waals surface area contributed by atoms with Gasteiger partial charge in [-0.1, -0.05) is 13.8 Å². The molecule has 0 radical (unpaired) electrons. The van der Waals surface area contributed by atoms with Crippen molar-refractivity contribution in [1.82, 2.24) is 0 Å². The minimum Gasteiger partial charge on any atom is -0.509 e. The van der Waals surface area contributed by atoms with E-state index in [-0.39, 0.29) is 11.5 Å². The highest BCUT2D eigenvalue weighted by Gasteiger charge is 1.99. The van der Waals surface area contributed by atoms with Crippen LogP contribution in [0.2, 0.25) is 0 Å². The van der Waals surface area contributed by atoms with E-state index in [4.69, 9.17) is 10.2 Å². The van der Waals surface area contributed by atoms with Crippen molar-refractivity contribution in [2.45, 2.75) is 39.5 Å². The molecule has 0 bridgehead atoms. The molecule has 0 aliphatic rings. The van der Waals surface area contributed by atoms with Crippen LogP contribution in [0.1, 0.15) is 39.5 Å². The fourth-order valence-electron chi connectivity index (χ4n) is 0.762. The van der Waals surface area contributed by atoms with E-state index in [1.54, 1.807) is 0 Å². The second-order valence-corrected chi connectivity index (χ2v) is 2.39. The van der Waals surface area contributed by atoms with E-state index in [9.17, 15) is 0 Å². The summed E-state index contributed by atoms with van der Waals surface area (Å²) in [7, 11) is 0. The van der Waals surface area contributed by atoms with Crippen molar-refractivity contribution < 1.29 is 10.2 Å². The van der Waals surface area contributed by atoms with Gasteiger partial charge in [-0.25, -0.2) is 0 Å². The zero-order chi connectivity index (χ0) is 7.98. The summed E-state index contributed by atoms with van der Waals surface area (Å²) >= 11 is 0. The summed E-state index contributed by atoms with van der Waals surface area (Å²) in [6, 6.07) is 0. The molecule has 0 heterocycles. The first-order chi connectivity index (χ1) is 4.72. The highest BCUT2D eigenvalue weighted by Crippen LogP contribution is 2.09. The third kappa shape index (κ3) is 3.38. The van der Waals surface area contributed by atoms with Gasteiger partial charge in [0, 0.05) is 12.8 Å². The molecule has 0 aliphatic carbocycles. The van der Waals surface area contributed by atoms with Crippen molar-refractivity contribution in [3.63, 3.8) is 0 Å². The standard InChI is InChI=1S/C8H16O2/c1-3-5-7(9)8(10)6-4-2/h9-10H,3-6H2,1-2H3. The number of rotatable bonds is 4. The third-order valence-electron chi connectivity index (χ3n) is 1.31. The van der Waals surface area contributed by atoms with Crippen molar-refractivity contribution in [1.29, 1.82) is 0 Å². The van der Waals surface area contributed by atoms with E-state index in [1.807, 2.05) is 13.8 Å². The zero-order valence-electron chi connectivity index (χ0n) is 6.72. The van der Waals surface area contributed by atoms with Crippen LogP contribution in [0.5, 0.6) is 0 Å². The van der Waals surface area contributed by atoms with Crippen molar-refractivity contribution in [2.24, 2.45) is 0 Å². The number of hydrogen-bond acceptors (Lipinski definition) is 2. The van der Waals surface area contributed by atoms with Crippen LogP contribution < -0.4 is 0 Å². The summed E-state index contributed by atoms with van der Waals surface area (Å²) in [6.07, 6.45) is 2.93. The highest BCUT2D eigenvalue weighted by atomic mass is 16.3. The van der Waals surface area contributed by atoms with Gasteiger partial charge in [0.15, 0.2) is 0 Å². The first kappa shape index (κ1) is 9.34. The first-order valence-corrected chi connectivity index (χ1v) is 3.82. The van der Waals surface area contributed by atoms with E-state index in [0.717, 1.165) is 12.8 Å². The lowest BCUT2D eigenvalue weighted by Crippen LogP contribution is -1.89. The van der Waals surface area contributed by atoms with Gasteiger partial charge in [0.2, 0.25) is 0 Å². The molecule has 2 N–H and O–H groups in total. The SMILES string of the molecule is CCCC(O)=C(O)CCC. The van der Waals surface area contributed by atoms with Gasteiger partial charge in [0.25, 0.3) is 0 Å². The molecule has 0 aromatic rings. The number of hydrogen-bond donors (Lipinski definition) is 2. The predicted octanol–water partition coefficient (Wildman–Crippen LogP) is 2.91. The number of allylic oxidation sites excluding steroid dienone is 2. The normalized spacial score (nSPS) is 13.0. The molecule has 0 rings (SSSR count).